The first-order valence-electron chi connectivity index (χ1n) is 21.9. The Morgan fingerprint density at radius 3 is 1.97 bits per heavy atom. The molecule has 352 valence electrons. The first-order chi connectivity index (χ1) is 28.5. The van der Waals surface area contributed by atoms with Gasteiger partial charge in [0.15, 0.2) is 0 Å². The summed E-state index contributed by atoms with van der Waals surface area (Å²) in [6, 6.07) is -5.35. The lowest BCUT2D eigenvalue weighted by Gasteiger charge is -2.38. The highest BCUT2D eigenvalue weighted by molar-refractivity contribution is 7.99. The fourth-order valence-electron chi connectivity index (χ4n) is 7.03. The molecule has 6 amide bonds. The van der Waals surface area contributed by atoms with Crippen LogP contribution in [-0.2, 0) is 43.0 Å². The van der Waals surface area contributed by atoms with E-state index in [1.807, 2.05) is 20.8 Å². The van der Waals surface area contributed by atoms with E-state index in [1.54, 1.807) is 27.8 Å². The molecule has 0 aromatic rings. The lowest BCUT2D eigenvalue weighted by molar-refractivity contribution is -0.149. The van der Waals surface area contributed by atoms with Gasteiger partial charge in [0.25, 0.3) is 0 Å². The van der Waals surface area contributed by atoms with Crippen LogP contribution in [0.4, 0.5) is 0 Å². The number of aliphatic hydroxyl groups is 1. The Hall–Kier alpha value is -3.48. The normalized spacial score (nSPS) is 16.4. The van der Waals surface area contributed by atoms with Crippen LogP contribution < -0.4 is 16.4 Å². The molecular formula is C43H79N7O10S. The molecule has 1 fully saturated rings. The molecule has 1 aliphatic rings. The molecule has 1 aliphatic heterocycles. The number of nitrogens with zero attached hydrogens (tertiary/aromatic N) is 4. The van der Waals surface area contributed by atoms with Gasteiger partial charge in [-0.25, -0.2) is 0 Å². The van der Waals surface area contributed by atoms with Gasteiger partial charge in [-0.1, -0.05) is 34.6 Å². The van der Waals surface area contributed by atoms with Gasteiger partial charge in [0.05, 0.1) is 31.3 Å². The Morgan fingerprint density at radius 2 is 1.44 bits per heavy atom. The largest absolute Gasteiger partial charge is 0.466 e. The van der Waals surface area contributed by atoms with Crippen molar-refractivity contribution in [2.24, 2.45) is 23.5 Å². The molecule has 0 saturated carbocycles. The van der Waals surface area contributed by atoms with Crippen LogP contribution in [0.2, 0.25) is 0 Å². The van der Waals surface area contributed by atoms with Gasteiger partial charge < -0.3 is 45.6 Å². The highest BCUT2D eigenvalue weighted by Gasteiger charge is 2.40. The van der Waals surface area contributed by atoms with Crippen LogP contribution in [0.25, 0.3) is 0 Å². The Balaban J connectivity index is 3.35. The molecular weight excluding hydrogens is 807 g/mol. The van der Waals surface area contributed by atoms with E-state index in [0.29, 0.717) is 38.2 Å². The number of hydrogen-bond donors (Lipinski definition) is 4. The number of morpholine rings is 1. The second-order valence-electron chi connectivity index (χ2n) is 17.6. The lowest BCUT2D eigenvalue weighted by Crippen LogP contribution is -2.61. The molecule has 0 unspecified atom stereocenters. The smallest absolute Gasteiger partial charge is 0.308 e. The predicted octanol–water partition coefficient (Wildman–Crippen LogP) is 2.02. The second kappa shape index (κ2) is 27.6. The summed E-state index contributed by atoms with van der Waals surface area (Å²) in [5.41, 5.74) is 3.94. The van der Waals surface area contributed by atoms with E-state index >= 15 is 0 Å². The number of amides is 6. The Bertz CT molecular complexity index is 1420. The molecule has 1 heterocycles. The summed E-state index contributed by atoms with van der Waals surface area (Å²) >= 11 is 1.43. The van der Waals surface area contributed by atoms with Gasteiger partial charge in [-0.15, -0.1) is 0 Å². The fourth-order valence-corrected chi connectivity index (χ4v) is 8.24. The summed E-state index contributed by atoms with van der Waals surface area (Å²) in [4.78, 5) is 100. The van der Waals surface area contributed by atoms with Gasteiger partial charge in [0.1, 0.15) is 30.2 Å². The van der Waals surface area contributed by atoms with Crippen molar-refractivity contribution in [3.05, 3.63) is 0 Å². The zero-order valence-corrected chi connectivity index (χ0v) is 39.9. The van der Waals surface area contributed by atoms with E-state index in [1.165, 1.54) is 61.3 Å². The maximum absolute atomic E-state index is 14.5. The first kappa shape index (κ1) is 55.5. The number of hydrogen-bond acceptors (Lipinski definition) is 12. The second-order valence-corrected chi connectivity index (χ2v) is 18.8. The quantitative estimate of drug-likeness (QED) is 0.0655. The molecule has 0 aromatic carbocycles. The minimum absolute atomic E-state index is 0.0178. The Morgan fingerprint density at radius 1 is 0.852 bits per heavy atom. The summed E-state index contributed by atoms with van der Waals surface area (Å²) in [6.07, 6.45) is 2.83. The number of esters is 1. The van der Waals surface area contributed by atoms with E-state index in [-0.39, 0.29) is 55.3 Å². The summed E-state index contributed by atoms with van der Waals surface area (Å²) in [7, 11) is 4.46. The van der Waals surface area contributed by atoms with Crippen molar-refractivity contribution >= 4 is 53.2 Å². The first-order valence-corrected chi connectivity index (χ1v) is 23.1. The molecule has 17 nitrogen and oxygen atoms in total. The topological polar surface area (TPSA) is 221 Å². The Kier molecular flexibility index (Phi) is 25.1. The molecule has 0 bridgehead atoms. The molecule has 1 rings (SSSR count). The van der Waals surface area contributed by atoms with Gasteiger partial charge in [-0.05, 0) is 83.9 Å². The predicted molar refractivity (Wildman–Crippen MR) is 237 cm³/mol. The number of carbonyl (C=O) groups excluding carboxylic acids is 7. The molecule has 0 aromatic heterocycles. The number of likely N-dealkylation sites (N-methyl/N-ethyl adjacent to an activating group) is 3. The Labute approximate surface area is 369 Å². The van der Waals surface area contributed by atoms with Crippen molar-refractivity contribution in [1.29, 1.82) is 0 Å². The molecule has 0 spiro atoms. The number of nitrogens with two attached hydrogens (primary N) is 1. The highest BCUT2D eigenvalue weighted by Crippen LogP contribution is 2.23. The van der Waals surface area contributed by atoms with Gasteiger partial charge in [-0.3, -0.25) is 38.5 Å². The van der Waals surface area contributed by atoms with Crippen LogP contribution in [0.3, 0.4) is 0 Å². The van der Waals surface area contributed by atoms with Gasteiger partial charge in [0.2, 0.25) is 35.4 Å². The minimum Gasteiger partial charge on any atom is -0.466 e. The van der Waals surface area contributed by atoms with Gasteiger partial charge in [0, 0.05) is 52.8 Å². The van der Waals surface area contributed by atoms with E-state index < -0.39 is 71.3 Å². The van der Waals surface area contributed by atoms with Crippen molar-refractivity contribution in [2.75, 3.05) is 72.1 Å². The number of nitrogens with one attached hydrogen (secondary N) is 2. The summed E-state index contributed by atoms with van der Waals surface area (Å²) in [5, 5.41) is 16.4. The van der Waals surface area contributed by atoms with E-state index in [9.17, 15) is 38.7 Å². The van der Waals surface area contributed by atoms with Gasteiger partial charge in [-0.2, -0.15) is 11.8 Å². The standard InChI is InChI=1S/C43H79N7O10S/c1-13-16-35(51)47(10)34(27-61-24-18-31(42(57)60-14-2)17-15-19-50-20-22-59-23-21-50)40(55)49(12)33(26-43(8,9)58)39(54)46-36(29(5)6)41(56)48(11)32(25-28(3)4)38(53)45-30(7)37(44)52/h28-34,36,58H,13-27H2,1-12H3,(H2,44,52)(H,45,53)(H,46,54)/t30-,31-,32+,33+,34-,36+/m1/s1. The van der Waals surface area contributed by atoms with E-state index in [0.717, 1.165) is 26.1 Å². The van der Waals surface area contributed by atoms with Crippen LogP contribution in [-0.4, -0.2) is 174 Å². The van der Waals surface area contributed by atoms with Crippen molar-refractivity contribution < 1.29 is 48.1 Å². The zero-order chi connectivity index (χ0) is 46.6. The number of primary amides is 1. The zero-order valence-electron chi connectivity index (χ0n) is 39.1. The number of carbonyl (C=O) groups is 7. The van der Waals surface area contributed by atoms with E-state index in [4.69, 9.17) is 15.2 Å². The number of rotatable bonds is 28. The van der Waals surface area contributed by atoms with E-state index in [2.05, 4.69) is 15.5 Å². The molecule has 5 N–H and O–H groups in total. The van der Waals surface area contributed by atoms with Crippen molar-refractivity contribution in [2.45, 2.75) is 143 Å². The van der Waals surface area contributed by atoms with Crippen molar-refractivity contribution in [3.8, 4) is 0 Å². The monoisotopic (exact) mass is 886 g/mol. The summed E-state index contributed by atoms with van der Waals surface area (Å²) < 4.78 is 10.8. The third-order valence-electron chi connectivity index (χ3n) is 10.9. The maximum atomic E-state index is 14.5. The molecule has 18 heteroatoms. The van der Waals surface area contributed by atoms with Crippen LogP contribution in [0.1, 0.15) is 107 Å². The average Bonchev–Trinajstić information content (AvgIpc) is 3.18. The van der Waals surface area contributed by atoms with Crippen LogP contribution in [0, 0.1) is 17.8 Å². The fraction of sp³-hybridized carbons (Fsp3) is 0.837. The lowest BCUT2D eigenvalue weighted by atomic mass is 9.95. The third-order valence-corrected chi connectivity index (χ3v) is 12.0. The minimum atomic E-state index is -1.43. The summed E-state index contributed by atoms with van der Waals surface area (Å²) in [6.45, 7) is 19.6. The van der Waals surface area contributed by atoms with Crippen molar-refractivity contribution in [1.82, 2.24) is 30.2 Å². The molecule has 6 atom stereocenters. The molecule has 0 radical (unpaired) electrons. The van der Waals surface area contributed by atoms with Crippen molar-refractivity contribution in [3.63, 3.8) is 0 Å². The average molecular weight is 886 g/mol. The van der Waals surface area contributed by atoms with Crippen LogP contribution in [0.15, 0.2) is 0 Å². The van der Waals surface area contributed by atoms with Crippen LogP contribution >= 0.6 is 11.8 Å². The number of ether oxygens (including phenoxy) is 2. The SMILES string of the molecule is CCCC(=O)N(C)[C@H](CSCC[C@@H](CCCN1CCOCC1)C(=O)OCC)C(=O)N(C)[C@@H](CC(C)(C)O)C(=O)N[C@H](C(=O)N(C)[C@@H](CC(C)C)C(=O)N[C@H](C)C(N)=O)C(C)C. The summed E-state index contributed by atoms with van der Waals surface area (Å²) in [5.74, 6) is -3.70. The number of thioether (sulfide) groups is 1. The molecule has 1 saturated heterocycles. The molecule has 0 aliphatic carbocycles. The molecule has 61 heavy (non-hydrogen) atoms. The van der Waals surface area contributed by atoms with Crippen LogP contribution in [0.5, 0.6) is 0 Å². The van der Waals surface area contributed by atoms with Gasteiger partial charge >= 0.3 is 5.97 Å². The third kappa shape index (κ3) is 19.6. The highest BCUT2D eigenvalue weighted by atomic mass is 32.2. The maximum Gasteiger partial charge on any atom is 0.308 e.